The van der Waals surface area contributed by atoms with Crippen LogP contribution < -0.4 is 11.0 Å². The summed E-state index contributed by atoms with van der Waals surface area (Å²) >= 11 is 0. The van der Waals surface area contributed by atoms with Crippen molar-refractivity contribution in [1.82, 2.24) is 19.2 Å². The lowest BCUT2D eigenvalue weighted by atomic mass is 10.1. The second kappa shape index (κ2) is 7.12. The van der Waals surface area contributed by atoms with Gasteiger partial charge in [0.1, 0.15) is 0 Å². The van der Waals surface area contributed by atoms with Crippen molar-refractivity contribution in [3.8, 4) is 0 Å². The summed E-state index contributed by atoms with van der Waals surface area (Å²) in [5, 5.41) is 7.50. The molecule has 6 nitrogen and oxygen atoms in total. The lowest BCUT2D eigenvalue weighted by Gasteiger charge is -2.09. The van der Waals surface area contributed by atoms with E-state index in [9.17, 15) is 13.6 Å². The molecule has 4 rings (SSSR count). The normalized spacial score (nSPS) is 11.2. The minimum atomic E-state index is -0.964. The standard InChI is InChI=1S/C21H19F2N5O/c1-12-4-6-16(8-13(12)2)25-20-24-14(3)9-19-26-27(21(29)28(19)20)11-15-5-7-17(22)18(23)10-15/h4-10H,11H2,1-3H3,(H,24,25). The molecule has 2 aromatic carbocycles. The maximum Gasteiger partial charge on any atom is 0.353 e. The molecule has 0 aliphatic heterocycles. The van der Waals surface area contributed by atoms with Crippen molar-refractivity contribution < 1.29 is 8.78 Å². The first kappa shape index (κ1) is 18.8. The molecule has 148 valence electrons. The fourth-order valence-corrected chi connectivity index (χ4v) is 3.10. The van der Waals surface area contributed by atoms with Crippen LogP contribution in [-0.2, 0) is 6.54 Å². The van der Waals surface area contributed by atoms with Crippen LogP contribution >= 0.6 is 0 Å². The number of anilines is 2. The van der Waals surface area contributed by atoms with E-state index < -0.39 is 17.3 Å². The molecule has 0 spiro atoms. The van der Waals surface area contributed by atoms with Gasteiger partial charge in [0.25, 0.3) is 0 Å². The molecule has 0 atom stereocenters. The summed E-state index contributed by atoms with van der Waals surface area (Å²) < 4.78 is 29.2. The van der Waals surface area contributed by atoms with Gasteiger partial charge in [-0.3, -0.25) is 0 Å². The summed E-state index contributed by atoms with van der Waals surface area (Å²) in [5.41, 5.74) is 4.18. The molecule has 29 heavy (non-hydrogen) atoms. The Bertz CT molecular complexity index is 1290. The lowest BCUT2D eigenvalue weighted by Crippen LogP contribution is -2.23. The Morgan fingerprint density at radius 2 is 1.76 bits per heavy atom. The zero-order valence-electron chi connectivity index (χ0n) is 16.2. The van der Waals surface area contributed by atoms with E-state index in [4.69, 9.17) is 0 Å². The molecule has 0 saturated heterocycles. The SMILES string of the molecule is Cc1cc2nn(Cc3ccc(F)c(F)c3)c(=O)n2c(Nc2ccc(C)c(C)c2)n1. The molecule has 0 bridgehead atoms. The predicted molar refractivity (Wildman–Crippen MR) is 107 cm³/mol. The van der Waals surface area contributed by atoms with Crippen LogP contribution in [0.4, 0.5) is 20.4 Å². The number of fused-ring (bicyclic) bond motifs is 1. The Morgan fingerprint density at radius 1 is 0.966 bits per heavy atom. The minimum Gasteiger partial charge on any atom is -0.325 e. The molecular weight excluding hydrogens is 376 g/mol. The van der Waals surface area contributed by atoms with Gasteiger partial charge in [0.05, 0.1) is 6.54 Å². The molecule has 0 aliphatic rings. The van der Waals surface area contributed by atoms with Gasteiger partial charge in [-0.05, 0) is 61.7 Å². The van der Waals surface area contributed by atoms with Crippen LogP contribution in [0.1, 0.15) is 22.4 Å². The highest BCUT2D eigenvalue weighted by Gasteiger charge is 2.14. The zero-order chi connectivity index (χ0) is 20.7. The largest absolute Gasteiger partial charge is 0.353 e. The van der Waals surface area contributed by atoms with Gasteiger partial charge in [-0.1, -0.05) is 12.1 Å². The number of hydrogen-bond acceptors (Lipinski definition) is 4. The molecule has 4 aromatic rings. The highest BCUT2D eigenvalue weighted by molar-refractivity contribution is 5.58. The van der Waals surface area contributed by atoms with Crippen LogP contribution in [0.2, 0.25) is 0 Å². The van der Waals surface area contributed by atoms with Crippen LogP contribution in [0.25, 0.3) is 5.65 Å². The van der Waals surface area contributed by atoms with Gasteiger partial charge in [0, 0.05) is 17.4 Å². The zero-order valence-corrected chi connectivity index (χ0v) is 16.2. The Balaban J connectivity index is 1.76. The topological polar surface area (TPSA) is 64.2 Å². The quantitative estimate of drug-likeness (QED) is 0.570. The fraction of sp³-hybridized carbons (Fsp3) is 0.190. The third-order valence-corrected chi connectivity index (χ3v) is 4.78. The second-order valence-corrected chi connectivity index (χ2v) is 7.03. The molecule has 1 N–H and O–H groups in total. The van der Waals surface area contributed by atoms with Gasteiger partial charge < -0.3 is 5.32 Å². The Hall–Kier alpha value is -3.55. The average molecular weight is 395 g/mol. The fourth-order valence-electron chi connectivity index (χ4n) is 3.10. The number of aromatic nitrogens is 4. The van der Waals surface area contributed by atoms with Crippen LogP contribution in [0, 0.1) is 32.4 Å². The van der Waals surface area contributed by atoms with E-state index in [1.165, 1.54) is 15.1 Å². The smallest absolute Gasteiger partial charge is 0.325 e. The molecule has 0 fully saturated rings. The second-order valence-electron chi connectivity index (χ2n) is 7.03. The molecule has 0 unspecified atom stereocenters. The van der Waals surface area contributed by atoms with E-state index in [1.807, 2.05) is 39.0 Å². The number of nitrogens with one attached hydrogen (secondary N) is 1. The number of hydrogen-bond donors (Lipinski definition) is 1. The number of aryl methyl sites for hydroxylation is 3. The van der Waals surface area contributed by atoms with Gasteiger partial charge >= 0.3 is 5.69 Å². The Kier molecular flexibility index (Phi) is 4.62. The monoisotopic (exact) mass is 395 g/mol. The first-order valence-electron chi connectivity index (χ1n) is 9.07. The van der Waals surface area contributed by atoms with Gasteiger partial charge in [-0.25, -0.2) is 27.6 Å². The van der Waals surface area contributed by atoms with Crippen molar-refractivity contribution in [2.24, 2.45) is 0 Å². The molecule has 0 amide bonds. The first-order valence-corrected chi connectivity index (χ1v) is 9.07. The van der Waals surface area contributed by atoms with Gasteiger partial charge in [0.15, 0.2) is 17.3 Å². The summed E-state index contributed by atoms with van der Waals surface area (Å²) in [6, 6.07) is 11.1. The summed E-state index contributed by atoms with van der Waals surface area (Å²) in [5.74, 6) is -1.56. The van der Waals surface area contributed by atoms with E-state index >= 15 is 0 Å². The van der Waals surface area contributed by atoms with Gasteiger partial charge in [-0.15, -0.1) is 5.10 Å². The highest BCUT2D eigenvalue weighted by Crippen LogP contribution is 2.19. The number of nitrogens with zero attached hydrogens (tertiary/aromatic N) is 4. The molecule has 8 heteroatoms. The molecule has 0 aliphatic carbocycles. The van der Waals surface area contributed by atoms with Crippen molar-refractivity contribution in [2.75, 3.05) is 5.32 Å². The third kappa shape index (κ3) is 3.61. The van der Waals surface area contributed by atoms with Crippen LogP contribution in [0.3, 0.4) is 0 Å². The summed E-state index contributed by atoms with van der Waals surface area (Å²) in [4.78, 5) is 17.4. The van der Waals surface area contributed by atoms with E-state index in [1.54, 1.807) is 6.07 Å². The Morgan fingerprint density at radius 3 is 2.48 bits per heavy atom. The molecule has 0 saturated carbocycles. The van der Waals surface area contributed by atoms with Gasteiger partial charge in [-0.2, -0.15) is 0 Å². The van der Waals surface area contributed by atoms with E-state index in [2.05, 4.69) is 15.4 Å². The van der Waals surface area contributed by atoms with E-state index in [0.29, 0.717) is 22.9 Å². The molecule has 2 aromatic heterocycles. The van der Waals surface area contributed by atoms with Crippen molar-refractivity contribution in [2.45, 2.75) is 27.3 Å². The van der Waals surface area contributed by atoms with Crippen molar-refractivity contribution >= 4 is 17.3 Å². The van der Waals surface area contributed by atoms with E-state index in [0.717, 1.165) is 28.9 Å². The van der Waals surface area contributed by atoms with Crippen LogP contribution in [0.15, 0.2) is 47.3 Å². The van der Waals surface area contributed by atoms with Crippen molar-refractivity contribution in [3.63, 3.8) is 0 Å². The molecular formula is C21H19F2N5O. The van der Waals surface area contributed by atoms with Crippen molar-refractivity contribution in [3.05, 3.63) is 87.0 Å². The molecule has 0 radical (unpaired) electrons. The van der Waals surface area contributed by atoms with Crippen LogP contribution in [0.5, 0.6) is 0 Å². The van der Waals surface area contributed by atoms with Gasteiger partial charge in [0.2, 0.25) is 5.95 Å². The Labute approximate surface area is 165 Å². The summed E-state index contributed by atoms with van der Waals surface area (Å²) in [7, 11) is 0. The third-order valence-electron chi connectivity index (χ3n) is 4.78. The number of benzene rings is 2. The maximum absolute atomic E-state index is 13.5. The first-order chi connectivity index (χ1) is 13.8. The summed E-state index contributed by atoms with van der Waals surface area (Å²) in [6.07, 6.45) is 0. The number of halogens is 2. The lowest BCUT2D eigenvalue weighted by molar-refractivity contribution is 0.505. The predicted octanol–water partition coefficient (Wildman–Crippen LogP) is 3.89. The molecule has 2 heterocycles. The summed E-state index contributed by atoms with van der Waals surface area (Å²) in [6.45, 7) is 5.85. The number of rotatable bonds is 4. The van der Waals surface area contributed by atoms with E-state index in [-0.39, 0.29) is 6.54 Å². The van der Waals surface area contributed by atoms with Crippen LogP contribution in [-0.4, -0.2) is 19.2 Å². The van der Waals surface area contributed by atoms with Crippen molar-refractivity contribution in [1.29, 1.82) is 0 Å². The average Bonchev–Trinajstić information content (AvgIpc) is 2.96. The maximum atomic E-state index is 13.5. The highest BCUT2D eigenvalue weighted by atomic mass is 19.2. The minimum absolute atomic E-state index is 0.0137.